The zero-order chi connectivity index (χ0) is 17.8. The Kier molecular flexibility index (Phi) is 5.88. The first-order chi connectivity index (χ1) is 12.1. The molecule has 0 heterocycles. The van der Waals surface area contributed by atoms with E-state index in [2.05, 4.69) is 25.1 Å². The molecule has 0 bridgehead atoms. The predicted molar refractivity (Wildman–Crippen MR) is 100 cm³/mol. The van der Waals surface area contributed by atoms with Gasteiger partial charge in [0.2, 0.25) is 0 Å². The van der Waals surface area contributed by atoms with E-state index in [1.165, 1.54) is 41.7 Å². The molecule has 0 N–H and O–H groups in total. The van der Waals surface area contributed by atoms with Crippen molar-refractivity contribution in [3.05, 3.63) is 69.8 Å². The molecule has 0 nitrogen and oxygen atoms in total. The highest BCUT2D eigenvalue weighted by Gasteiger charge is 2.26. The molecule has 0 aromatic heterocycles. The summed E-state index contributed by atoms with van der Waals surface area (Å²) in [4.78, 5) is 0. The van der Waals surface area contributed by atoms with Crippen LogP contribution in [0.1, 0.15) is 73.3 Å². The Hall–Kier alpha value is -1.70. The maximum atomic E-state index is 14.6. The van der Waals surface area contributed by atoms with Gasteiger partial charge < -0.3 is 0 Å². The molecule has 2 heteroatoms. The van der Waals surface area contributed by atoms with Crippen LogP contribution in [0, 0.1) is 11.6 Å². The van der Waals surface area contributed by atoms with Crippen molar-refractivity contribution in [1.29, 1.82) is 0 Å². The van der Waals surface area contributed by atoms with Gasteiger partial charge in [0.05, 0.1) is 0 Å². The number of unbranched alkanes of at least 4 members (excludes halogenated alkanes) is 1. The van der Waals surface area contributed by atoms with E-state index < -0.39 is 0 Å². The number of aryl methyl sites for hydroxylation is 3. The molecule has 1 atom stereocenters. The summed E-state index contributed by atoms with van der Waals surface area (Å²) in [5, 5.41) is 0. The summed E-state index contributed by atoms with van der Waals surface area (Å²) >= 11 is 0. The second kappa shape index (κ2) is 8.12. The van der Waals surface area contributed by atoms with Crippen LogP contribution in [0.2, 0.25) is 0 Å². The van der Waals surface area contributed by atoms with E-state index in [9.17, 15) is 8.78 Å². The molecule has 2 aromatic carbocycles. The quantitative estimate of drug-likeness (QED) is 0.559. The van der Waals surface area contributed by atoms with Gasteiger partial charge in [-0.15, -0.1) is 0 Å². The highest BCUT2D eigenvalue weighted by Crippen LogP contribution is 2.36. The summed E-state index contributed by atoms with van der Waals surface area (Å²) in [7, 11) is 0. The van der Waals surface area contributed by atoms with Crippen LogP contribution in [0.25, 0.3) is 0 Å². The lowest BCUT2D eigenvalue weighted by Gasteiger charge is -2.26. The van der Waals surface area contributed by atoms with Gasteiger partial charge in [-0.1, -0.05) is 44.9 Å². The molecule has 0 saturated carbocycles. The van der Waals surface area contributed by atoms with Gasteiger partial charge in [0.15, 0.2) is 0 Å². The summed E-state index contributed by atoms with van der Waals surface area (Å²) < 4.78 is 29.1. The first-order valence-electron chi connectivity index (χ1n) is 9.70. The third kappa shape index (κ3) is 4.11. The van der Waals surface area contributed by atoms with Crippen molar-refractivity contribution >= 4 is 0 Å². The standard InChI is InChI=1S/C23H28F2/c1-3-5-7-16-8-9-19-15-20(11-10-18(19)12-16)23-21(24)13-17(6-4-2)14-22(23)25/h8-9,12-14,20H,3-7,10-11,15H2,1-2H3. The van der Waals surface area contributed by atoms with E-state index >= 15 is 0 Å². The normalized spacial score (nSPS) is 16.7. The molecule has 1 aliphatic rings. The molecule has 2 aromatic rings. The zero-order valence-corrected chi connectivity index (χ0v) is 15.4. The summed E-state index contributed by atoms with van der Waals surface area (Å²) in [6.07, 6.45) is 7.63. The van der Waals surface area contributed by atoms with Crippen LogP contribution >= 0.6 is 0 Å². The molecule has 1 aliphatic carbocycles. The first kappa shape index (κ1) is 18.1. The smallest absolute Gasteiger partial charge is 0.129 e. The van der Waals surface area contributed by atoms with Crippen LogP contribution in [0.3, 0.4) is 0 Å². The van der Waals surface area contributed by atoms with Crippen molar-refractivity contribution in [1.82, 2.24) is 0 Å². The maximum absolute atomic E-state index is 14.6. The van der Waals surface area contributed by atoms with Crippen LogP contribution < -0.4 is 0 Å². The fraction of sp³-hybridized carbons (Fsp3) is 0.478. The van der Waals surface area contributed by atoms with E-state index in [1.54, 1.807) is 0 Å². The Balaban J connectivity index is 1.81. The number of hydrogen-bond donors (Lipinski definition) is 0. The monoisotopic (exact) mass is 342 g/mol. The van der Waals surface area contributed by atoms with Crippen molar-refractivity contribution in [2.75, 3.05) is 0 Å². The van der Waals surface area contributed by atoms with Crippen LogP contribution in [0.5, 0.6) is 0 Å². The van der Waals surface area contributed by atoms with Crippen LogP contribution in [0.4, 0.5) is 8.78 Å². The maximum Gasteiger partial charge on any atom is 0.129 e. The molecule has 1 unspecified atom stereocenters. The first-order valence-corrected chi connectivity index (χ1v) is 9.70. The molecule has 0 spiro atoms. The third-order valence-corrected chi connectivity index (χ3v) is 5.40. The van der Waals surface area contributed by atoms with Gasteiger partial charge in [0.25, 0.3) is 0 Å². The molecule has 0 saturated heterocycles. The van der Waals surface area contributed by atoms with E-state index in [-0.39, 0.29) is 17.6 Å². The van der Waals surface area contributed by atoms with Crippen molar-refractivity contribution in [2.24, 2.45) is 0 Å². The van der Waals surface area contributed by atoms with E-state index in [0.717, 1.165) is 44.1 Å². The average molecular weight is 342 g/mol. The molecular weight excluding hydrogens is 314 g/mol. The van der Waals surface area contributed by atoms with Crippen molar-refractivity contribution in [2.45, 2.75) is 71.1 Å². The minimum absolute atomic E-state index is 0.0512. The van der Waals surface area contributed by atoms with Gasteiger partial charge in [0.1, 0.15) is 11.6 Å². The Bertz CT molecular complexity index is 710. The van der Waals surface area contributed by atoms with Crippen LogP contribution in [-0.2, 0) is 25.7 Å². The summed E-state index contributed by atoms with van der Waals surface area (Å²) in [6, 6.07) is 9.73. The number of fused-ring (bicyclic) bond motifs is 1. The second-order valence-corrected chi connectivity index (χ2v) is 7.37. The Labute approximate surface area is 150 Å². The number of benzene rings is 2. The SMILES string of the molecule is CCCCc1ccc2c(c1)CCC(c1c(F)cc(CCC)cc1F)C2. The Morgan fingerprint density at radius 1 is 0.880 bits per heavy atom. The highest BCUT2D eigenvalue weighted by molar-refractivity contribution is 5.38. The van der Waals surface area contributed by atoms with Crippen molar-refractivity contribution < 1.29 is 8.78 Å². The largest absolute Gasteiger partial charge is 0.207 e. The van der Waals surface area contributed by atoms with E-state index in [0.29, 0.717) is 5.56 Å². The minimum atomic E-state index is -0.364. The molecule has 0 amide bonds. The van der Waals surface area contributed by atoms with Gasteiger partial charge in [-0.2, -0.15) is 0 Å². The molecule has 0 fully saturated rings. The molecule has 0 radical (unpaired) electrons. The molecule has 0 aliphatic heterocycles. The van der Waals surface area contributed by atoms with Crippen LogP contribution in [-0.4, -0.2) is 0 Å². The summed E-state index contributed by atoms with van der Waals surface area (Å²) in [6.45, 7) is 4.23. The molecule has 134 valence electrons. The van der Waals surface area contributed by atoms with Crippen LogP contribution in [0.15, 0.2) is 30.3 Å². The fourth-order valence-electron chi connectivity index (χ4n) is 4.05. The summed E-state index contributed by atoms with van der Waals surface area (Å²) in [5.41, 5.74) is 5.07. The fourth-order valence-corrected chi connectivity index (χ4v) is 4.05. The lowest BCUT2D eigenvalue weighted by atomic mass is 9.79. The zero-order valence-electron chi connectivity index (χ0n) is 15.4. The lowest BCUT2D eigenvalue weighted by Crippen LogP contribution is -2.16. The number of halogens is 2. The van der Waals surface area contributed by atoms with E-state index in [1.807, 2.05) is 6.92 Å². The Morgan fingerprint density at radius 2 is 1.64 bits per heavy atom. The molecular formula is C23H28F2. The number of rotatable bonds is 6. The lowest BCUT2D eigenvalue weighted by molar-refractivity contribution is 0.489. The minimum Gasteiger partial charge on any atom is -0.207 e. The summed E-state index contributed by atoms with van der Waals surface area (Å²) in [5.74, 6) is -0.780. The molecule has 25 heavy (non-hydrogen) atoms. The topological polar surface area (TPSA) is 0 Å². The third-order valence-electron chi connectivity index (χ3n) is 5.40. The molecule has 3 rings (SSSR count). The van der Waals surface area contributed by atoms with Crippen molar-refractivity contribution in [3.63, 3.8) is 0 Å². The van der Waals surface area contributed by atoms with Gasteiger partial charge >= 0.3 is 0 Å². The number of hydrogen-bond acceptors (Lipinski definition) is 0. The van der Waals surface area contributed by atoms with Gasteiger partial charge in [-0.25, -0.2) is 8.78 Å². The van der Waals surface area contributed by atoms with Crippen molar-refractivity contribution in [3.8, 4) is 0 Å². The van der Waals surface area contributed by atoms with Gasteiger partial charge in [-0.3, -0.25) is 0 Å². The highest BCUT2D eigenvalue weighted by atomic mass is 19.1. The average Bonchev–Trinajstić information content (AvgIpc) is 2.59. The van der Waals surface area contributed by atoms with Gasteiger partial charge in [-0.05, 0) is 78.8 Å². The Morgan fingerprint density at radius 3 is 2.32 bits per heavy atom. The van der Waals surface area contributed by atoms with E-state index in [4.69, 9.17) is 0 Å². The van der Waals surface area contributed by atoms with Gasteiger partial charge in [0, 0.05) is 5.56 Å². The second-order valence-electron chi connectivity index (χ2n) is 7.37. The predicted octanol–water partition coefficient (Wildman–Crippen LogP) is 6.53.